The fraction of sp³-hybridized carbons (Fsp3) is 0.500. The number of ether oxygens (including phenoxy) is 1. The van der Waals surface area contributed by atoms with Crippen LogP contribution in [0.3, 0.4) is 0 Å². The summed E-state index contributed by atoms with van der Waals surface area (Å²) in [6.45, 7) is 12.3. The lowest BCUT2D eigenvalue weighted by molar-refractivity contribution is -0.135. The predicted octanol–water partition coefficient (Wildman–Crippen LogP) is 4.57. The maximum absolute atomic E-state index is 10.6. The number of aliphatic hydroxyl groups is 1. The summed E-state index contributed by atoms with van der Waals surface area (Å²) in [4.78, 5) is 10.6. The lowest BCUT2D eigenvalue weighted by atomic mass is 10.1. The van der Waals surface area contributed by atoms with Crippen LogP contribution >= 0.6 is 0 Å². The second-order valence-electron chi connectivity index (χ2n) is 7.16. The van der Waals surface area contributed by atoms with Gasteiger partial charge < -0.3 is 14.3 Å². The molecule has 1 rings (SSSR count). The maximum Gasteiger partial charge on any atom is 0.307 e. The lowest BCUT2D eigenvalue weighted by Gasteiger charge is -2.36. The number of aliphatic hydroxyl groups excluding tert-OH is 1. The molecular formula is C18H28O4Si. The van der Waals surface area contributed by atoms with Crippen LogP contribution in [0.15, 0.2) is 36.6 Å². The molecule has 1 aromatic rings. The van der Waals surface area contributed by atoms with Crippen LogP contribution in [0.25, 0.3) is 0 Å². The van der Waals surface area contributed by atoms with Gasteiger partial charge in [0.25, 0.3) is 0 Å². The fourth-order valence-electron chi connectivity index (χ4n) is 1.67. The quantitative estimate of drug-likeness (QED) is 0.470. The van der Waals surface area contributed by atoms with Gasteiger partial charge in [0.05, 0.1) is 12.4 Å². The van der Waals surface area contributed by atoms with Crippen LogP contribution in [0.4, 0.5) is 0 Å². The van der Waals surface area contributed by atoms with Gasteiger partial charge in [-0.25, -0.2) is 0 Å². The Morgan fingerprint density at radius 2 is 1.83 bits per heavy atom. The molecule has 0 aliphatic heterocycles. The van der Waals surface area contributed by atoms with E-state index in [0.717, 1.165) is 11.3 Å². The minimum atomic E-state index is -1.85. The van der Waals surface area contributed by atoms with E-state index in [1.165, 1.54) is 13.2 Å². The van der Waals surface area contributed by atoms with E-state index in [4.69, 9.17) is 4.43 Å². The third-order valence-corrected chi connectivity index (χ3v) is 8.49. The van der Waals surface area contributed by atoms with E-state index >= 15 is 0 Å². The molecule has 0 aliphatic rings. The van der Waals surface area contributed by atoms with Crippen molar-refractivity contribution >= 4 is 14.3 Å². The average Bonchev–Trinajstić information content (AvgIpc) is 2.42. The lowest BCUT2D eigenvalue weighted by Crippen LogP contribution is -2.43. The Morgan fingerprint density at radius 1 is 1.26 bits per heavy atom. The molecule has 0 aliphatic carbocycles. The number of carbonyl (C=O) groups excluding carboxylic acids is 1. The number of hydrogen-bond acceptors (Lipinski definition) is 4. The largest absolute Gasteiger partial charge is 0.544 e. The van der Waals surface area contributed by atoms with Crippen molar-refractivity contribution in [1.82, 2.24) is 0 Å². The molecule has 0 bridgehead atoms. The van der Waals surface area contributed by atoms with Crippen LogP contribution in [-0.2, 0) is 9.53 Å². The van der Waals surface area contributed by atoms with E-state index < -0.39 is 14.4 Å². The molecule has 1 atom stereocenters. The van der Waals surface area contributed by atoms with E-state index in [1.807, 2.05) is 24.3 Å². The van der Waals surface area contributed by atoms with Gasteiger partial charge in [-0.2, -0.15) is 0 Å². The molecule has 5 heteroatoms. The summed E-state index contributed by atoms with van der Waals surface area (Å²) in [5.41, 5.74) is 0.806. The van der Waals surface area contributed by atoms with E-state index in [9.17, 15) is 9.90 Å². The van der Waals surface area contributed by atoms with Crippen LogP contribution in [-0.4, -0.2) is 19.4 Å². The minimum Gasteiger partial charge on any atom is -0.544 e. The minimum absolute atomic E-state index is 0.146. The van der Waals surface area contributed by atoms with Crippen molar-refractivity contribution in [2.75, 3.05) is 0 Å². The summed E-state index contributed by atoms with van der Waals surface area (Å²) in [6.07, 6.45) is 2.69. The normalized spacial score (nSPS) is 13.9. The number of esters is 1. The zero-order valence-corrected chi connectivity index (χ0v) is 15.9. The van der Waals surface area contributed by atoms with Crippen LogP contribution < -0.4 is 4.43 Å². The second kappa shape index (κ2) is 7.79. The highest BCUT2D eigenvalue weighted by molar-refractivity contribution is 6.74. The fourth-order valence-corrected chi connectivity index (χ4v) is 2.70. The van der Waals surface area contributed by atoms with Crippen LogP contribution in [0.2, 0.25) is 18.1 Å². The van der Waals surface area contributed by atoms with E-state index in [0.29, 0.717) is 6.42 Å². The SMILES string of the molecule is CC(=O)O/C=C\CC(O)c1ccc(O[Si](C)(C)C(C)(C)C)cc1. The Labute approximate surface area is 140 Å². The van der Waals surface area contributed by atoms with Crippen molar-refractivity contribution < 1.29 is 19.1 Å². The molecule has 0 saturated carbocycles. The molecule has 128 valence electrons. The zero-order chi connectivity index (χ0) is 17.7. The van der Waals surface area contributed by atoms with Crippen LogP contribution in [0, 0.1) is 0 Å². The zero-order valence-electron chi connectivity index (χ0n) is 14.9. The predicted molar refractivity (Wildman–Crippen MR) is 94.7 cm³/mol. The van der Waals surface area contributed by atoms with Gasteiger partial charge in [-0.3, -0.25) is 4.79 Å². The first-order valence-corrected chi connectivity index (χ1v) is 10.7. The molecule has 0 radical (unpaired) electrons. The van der Waals surface area contributed by atoms with Crippen molar-refractivity contribution in [3.8, 4) is 5.75 Å². The Morgan fingerprint density at radius 3 is 2.30 bits per heavy atom. The summed E-state index contributed by atoms with van der Waals surface area (Å²) in [5.74, 6) is 0.464. The number of hydrogen-bond donors (Lipinski definition) is 1. The molecular weight excluding hydrogens is 308 g/mol. The summed E-state index contributed by atoms with van der Waals surface area (Å²) in [7, 11) is -1.85. The molecule has 1 N–H and O–H groups in total. The van der Waals surface area contributed by atoms with E-state index in [2.05, 4.69) is 38.6 Å². The Hall–Kier alpha value is -1.59. The number of carbonyl (C=O) groups is 1. The first kappa shape index (κ1) is 19.5. The van der Waals surface area contributed by atoms with Crippen LogP contribution in [0.5, 0.6) is 5.75 Å². The highest BCUT2D eigenvalue weighted by atomic mass is 28.4. The van der Waals surface area contributed by atoms with Gasteiger partial charge in [-0.15, -0.1) is 0 Å². The third-order valence-electron chi connectivity index (χ3n) is 4.13. The molecule has 23 heavy (non-hydrogen) atoms. The van der Waals surface area contributed by atoms with Gasteiger partial charge in [0, 0.05) is 6.92 Å². The number of benzene rings is 1. The first-order valence-electron chi connectivity index (χ1n) is 7.82. The first-order chi connectivity index (χ1) is 10.5. The smallest absolute Gasteiger partial charge is 0.307 e. The van der Waals surface area contributed by atoms with Gasteiger partial charge >= 0.3 is 5.97 Å². The Bertz CT molecular complexity index is 541. The monoisotopic (exact) mass is 336 g/mol. The summed E-state index contributed by atoms with van der Waals surface area (Å²) >= 11 is 0. The Balaban J connectivity index is 2.66. The van der Waals surface area contributed by atoms with Gasteiger partial charge in [0.15, 0.2) is 0 Å². The third kappa shape index (κ3) is 6.20. The van der Waals surface area contributed by atoms with Crippen molar-refractivity contribution in [2.24, 2.45) is 0 Å². The topological polar surface area (TPSA) is 55.8 Å². The van der Waals surface area contributed by atoms with Crippen molar-refractivity contribution in [3.05, 3.63) is 42.2 Å². The van der Waals surface area contributed by atoms with Gasteiger partial charge in [-0.1, -0.05) is 32.9 Å². The average molecular weight is 337 g/mol. The summed E-state index contributed by atoms with van der Waals surface area (Å²) < 4.78 is 10.9. The van der Waals surface area contributed by atoms with E-state index in [-0.39, 0.29) is 11.0 Å². The summed E-state index contributed by atoms with van der Waals surface area (Å²) in [5, 5.41) is 10.3. The molecule has 0 aromatic heterocycles. The van der Waals surface area contributed by atoms with Crippen molar-refractivity contribution in [3.63, 3.8) is 0 Å². The van der Waals surface area contributed by atoms with Crippen molar-refractivity contribution in [2.45, 2.75) is 58.4 Å². The Kier molecular flexibility index (Phi) is 6.59. The second-order valence-corrected chi connectivity index (χ2v) is 11.9. The highest BCUT2D eigenvalue weighted by Crippen LogP contribution is 2.37. The molecule has 0 heterocycles. The van der Waals surface area contributed by atoms with Gasteiger partial charge in [-0.05, 0) is 48.3 Å². The molecule has 1 unspecified atom stereocenters. The van der Waals surface area contributed by atoms with Gasteiger partial charge in [0.1, 0.15) is 5.75 Å². The molecule has 4 nitrogen and oxygen atoms in total. The summed E-state index contributed by atoms with van der Waals surface area (Å²) in [6, 6.07) is 7.53. The standard InChI is InChI=1S/C18H28O4Si/c1-14(19)21-13-7-8-17(20)15-9-11-16(12-10-15)22-23(5,6)18(2,3)4/h7,9-13,17,20H,8H2,1-6H3/b13-7-. The van der Waals surface area contributed by atoms with E-state index in [1.54, 1.807) is 6.08 Å². The highest BCUT2D eigenvalue weighted by Gasteiger charge is 2.38. The molecule has 0 saturated heterocycles. The van der Waals surface area contributed by atoms with Crippen molar-refractivity contribution in [1.29, 1.82) is 0 Å². The number of rotatable bonds is 6. The molecule has 0 fully saturated rings. The molecule has 0 amide bonds. The maximum atomic E-state index is 10.6. The van der Waals surface area contributed by atoms with Crippen LogP contribution in [0.1, 0.15) is 45.8 Å². The molecule has 0 spiro atoms. The van der Waals surface area contributed by atoms with Gasteiger partial charge in [0.2, 0.25) is 8.32 Å². The molecule has 1 aromatic carbocycles.